The first-order valence-corrected chi connectivity index (χ1v) is 6.93. The predicted octanol–water partition coefficient (Wildman–Crippen LogP) is 3.50. The van der Waals surface area contributed by atoms with Crippen LogP contribution in [0.3, 0.4) is 0 Å². The van der Waals surface area contributed by atoms with E-state index in [1.54, 1.807) is 6.07 Å². The lowest BCUT2D eigenvalue weighted by Gasteiger charge is -2.27. The highest BCUT2D eigenvalue weighted by atomic mass is 16.3. The highest BCUT2D eigenvalue weighted by Gasteiger charge is 2.24. The molecule has 0 fully saturated rings. The summed E-state index contributed by atoms with van der Waals surface area (Å²) in [6.45, 7) is 6.50. The SMILES string of the molecule is CC(CCCC(C)(C)c1ccc(O)cc1O)N(C)C. The zero-order valence-corrected chi connectivity index (χ0v) is 12.8. The Hall–Kier alpha value is -1.22. The number of nitrogens with zero attached hydrogens (tertiary/aromatic N) is 1. The molecule has 0 bridgehead atoms. The molecule has 0 radical (unpaired) electrons. The summed E-state index contributed by atoms with van der Waals surface area (Å²) in [4.78, 5) is 2.23. The first kappa shape index (κ1) is 15.8. The van der Waals surface area contributed by atoms with Gasteiger partial charge in [0, 0.05) is 12.1 Å². The first-order chi connectivity index (χ1) is 8.74. The maximum atomic E-state index is 9.96. The Balaban J connectivity index is 2.65. The second kappa shape index (κ2) is 6.29. The van der Waals surface area contributed by atoms with Crippen molar-refractivity contribution in [3.63, 3.8) is 0 Å². The average molecular weight is 265 g/mol. The molecule has 1 aromatic rings. The molecule has 0 saturated heterocycles. The van der Waals surface area contributed by atoms with Crippen LogP contribution >= 0.6 is 0 Å². The van der Waals surface area contributed by atoms with Gasteiger partial charge in [-0.3, -0.25) is 0 Å². The normalized spacial score (nSPS) is 13.8. The number of phenols is 2. The number of hydrogen-bond donors (Lipinski definition) is 2. The largest absolute Gasteiger partial charge is 0.508 e. The van der Waals surface area contributed by atoms with Gasteiger partial charge in [-0.05, 0) is 50.9 Å². The van der Waals surface area contributed by atoms with Crippen molar-refractivity contribution in [3.8, 4) is 11.5 Å². The Kier molecular flexibility index (Phi) is 5.24. The van der Waals surface area contributed by atoms with Gasteiger partial charge in [0.15, 0.2) is 0 Å². The van der Waals surface area contributed by atoms with Gasteiger partial charge in [0.05, 0.1) is 0 Å². The van der Waals surface area contributed by atoms with E-state index in [1.807, 2.05) is 6.07 Å². The molecule has 0 spiro atoms. The van der Waals surface area contributed by atoms with E-state index < -0.39 is 0 Å². The van der Waals surface area contributed by atoms with Crippen molar-refractivity contribution in [2.75, 3.05) is 14.1 Å². The number of aromatic hydroxyl groups is 2. The van der Waals surface area contributed by atoms with Crippen LogP contribution in [-0.4, -0.2) is 35.3 Å². The lowest BCUT2D eigenvalue weighted by Crippen LogP contribution is -2.25. The number of rotatable bonds is 6. The first-order valence-electron chi connectivity index (χ1n) is 6.93. The summed E-state index contributed by atoms with van der Waals surface area (Å²) in [7, 11) is 4.20. The fraction of sp³-hybridized carbons (Fsp3) is 0.625. The van der Waals surface area contributed by atoms with E-state index >= 15 is 0 Å². The van der Waals surface area contributed by atoms with Crippen LogP contribution in [0, 0.1) is 0 Å². The van der Waals surface area contributed by atoms with Crippen LogP contribution in [0.4, 0.5) is 0 Å². The maximum Gasteiger partial charge on any atom is 0.122 e. The molecule has 108 valence electrons. The molecule has 0 heterocycles. The van der Waals surface area contributed by atoms with Gasteiger partial charge < -0.3 is 15.1 Å². The van der Waals surface area contributed by atoms with Crippen LogP contribution < -0.4 is 0 Å². The zero-order chi connectivity index (χ0) is 14.6. The molecule has 1 atom stereocenters. The Morgan fingerprint density at radius 3 is 2.37 bits per heavy atom. The molecule has 1 unspecified atom stereocenters. The molecule has 0 saturated carbocycles. The third kappa shape index (κ3) is 4.43. The topological polar surface area (TPSA) is 43.7 Å². The van der Waals surface area contributed by atoms with Crippen LogP contribution in [0.15, 0.2) is 18.2 Å². The van der Waals surface area contributed by atoms with Crippen LogP contribution in [-0.2, 0) is 5.41 Å². The van der Waals surface area contributed by atoms with E-state index in [2.05, 4.69) is 39.8 Å². The van der Waals surface area contributed by atoms with Crippen molar-refractivity contribution in [2.45, 2.75) is 51.5 Å². The van der Waals surface area contributed by atoms with E-state index in [0.717, 1.165) is 24.8 Å². The van der Waals surface area contributed by atoms with Crippen molar-refractivity contribution in [1.82, 2.24) is 4.90 Å². The zero-order valence-electron chi connectivity index (χ0n) is 12.8. The third-order valence-corrected chi connectivity index (χ3v) is 4.02. The van der Waals surface area contributed by atoms with Crippen molar-refractivity contribution < 1.29 is 10.2 Å². The van der Waals surface area contributed by atoms with E-state index in [0.29, 0.717) is 6.04 Å². The molecule has 1 aromatic carbocycles. The van der Waals surface area contributed by atoms with Crippen molar-refractivity contribution in [2.24, 2.45) is 0 Å². The number of phenolic OH excluding ortho intramolecular Hbond substituents is 2. The van der Waals surface area contributed by atoms with Crippen LogP contribution in [0.25, 0.3) is 0 Å². The lowest BCUT2D eigenvalue weighted by atomic mass is 9.79. The van der Waals surface area contributed by atoms with E-state index in [-0.39, 0.29) is 16.9 Å². The smallest absolute Gasteiger partial charge is 0.122 e. The molecule has 3 heteroatoms. The number of benzene rings is 1. The Morgan fingerprint density at radius 2 is 1.84 bits per heavy atom. The Bertz CT molecular complexity index is 413. The van der Waals surface area contributed by atoms with Gasteiger partial charge in [0.1, 0.15) is 11.5 Å². The van der Waals surface area contributed by atoms with Crippen molar-refractivity contribution >= 4 is 0 Å². The maximum absolute atomic E-state index is 9.96. The van der Waals surface area contributed by atoms with Gasteiger partial charge in [-0.15, -0.1) is 0 Å². The quantitative estimate of drug-likeness (QED) is 0.827. The standard InChI is InChI=1S/C16H27NO2/c1-12(17(4)5)7-6-10-16(2,3)14-9-8-13(18)11-15(14)19/h8-9,11-12,18-19H,6-7,10H2,1-5H3. The second-order valence-electron chi connectivity index (χ2n) is 6.29. The van der Waals surface area contributed by atoms with E-state index in [1.165, 1.54) is 6.07 Å². The summed E-state index contributed by atoms with van der Waals surface area (Å²) in [5.74, 6) is 0.295. The van der Waals surface area contributed by atoms with Crippen molar-refractivity contribution in [3.05, 3.63) is 23.8 Å². The van der Waals surface area contributed by atoms with Gasteiger partial charge in [0.2, 0.25) is 0 Å². The van der Waals surface area contributed by atoms with Gasteiger partial charge in [-0.1, -0.05) is 26.3 Å². The molecule has 0 aliphatic carbocycles. The summed E-state index contributed by atoms with van der Waals surface area (Å²) in [6.07, 6.45) is 3.28. The summed E-state index contributed by atoms with van der Waals surface area (Å²) in [5.41, 5.74) is 0.826. The fourth-order valence-electron chi connectivity index (χ4n) is 2.32. The Labute approximate surface area is 116 Å². The van der Waals surface area contributed by atoms with Gasteiger partial charge in [0.25, 0.3) is 0 Å². The van der Waals surface area contributed by atoms with Crippen LogP contribution in [0.5, 0.6) is 11.5 Å². The minimum atomic E-state index is -0.0795. The van der Waals surface area contributed by atoms with Gasteiger partial charge >= 0.3 is 0 Å². The van der Waals surface area contributed by atoms with E-state index in [9.17, 15) is 10.2 Å². The second-order valence-corrected chi connectivity index (χ2v) is 6.29. The van der Waals surface area contributed by atoms with E-state index in [4.69, 9.17) is 0 Å². The summed E-state index contributed by atoms with van der Waals surface area (Å²) in [6, 6.07) is 5.45. The number of hydrogen-bond acceptors (Lipinski definition) is 3. The Morgan fingerprint density at radius 1 is 1.21 bits per heavy atom. The summed E-state index contributed by atoms with van der Waals surface area (Å²) in [5, 5.41) is 19.3. The van der Waals surface area contributed by atoms with Crippen LogP contribution in [0.2, 0.25) is 0 Å². The minimum Gasteiger partial charge on any atom is -0.508 e. The molecule has 19 heavy (non-hydrogen) atoms. The molecule has 0 aliphatic heterocycles. The molecule has 0 aliphatic rings. The van der Waals surface area contributed by atoms with Gasteiger partial charge in [-0.2, -0.15) is 0 Å². The molecule has 0 aromatic heterocycles. The summed E-state index contributed by atoms with van der Waals surface area (Å²) < 4.78 is 0. The molecule has 3 nitrogen and oxygen atoms in total. The fourth-order valence-corrected chi connectivity index (χ4v) is 2.32. The van der Waals surface area contributed by atoms with Gasteiger partial charge in [-0.25, -0.2) is 0 Å². The molecule has 2 N–H and O–H groups in total. The highest BCUT2D eigenvalue weighted by Crippen LogP contribution is 2.36. The predicted molar refractivity (Wildman–Crippen MR) is 79.8 cm³/mol. The molecular weight excluding hydrogens is 238 g/mol. The molecular formula is C16H27NO2. The summed E-state index contributed by atoms with van der Waals surface area (Å²) >= 11 is 0. The average Bonchev–Trinajstić information content (AvgIpc) is 2.27. The molecule has 0 amide bonds. The monoisotopic (exact) mass is 265 g/mol. The molecule has 1 rings (SSSR count). The third-order valence-electron chi connectivity index (χ3n) is 4.02. The minimum absolute atomic E-state index is 0.0795. The lowest BCUT2D eigenvalue weighted by molar-refractivity contribution is 0.283. The van der Waals surface area contributed by atoms with Crippen molar-refractivity contribution in [1.29, 1.82) is 0 Å². The highest BCUT2D eigenvalue weighted by molar-refractivity contribution is 5.42. The van der Waals surface area contributed by atoms with Crippen LogP contribution in [0.1, 0.15) is 45.6 Å².